The number of carboxylic acid groups (broad SMARTS) is 1. The van der Waals surface area contributed by atoms with Gasteiger partial charge in [0, 0.05) is 22.1 Å². The normalized spacial score (nSPS) is 10.5. The van der Waals surface area contributed by atoms with Crippen LogP contribution in [0.3, 0.4) is 0 Å². The van der Waals surface area contributed by atoms with E-state index in [0.29, 0.717) is 15.4 Å². The van der Waals surface area contributed by atoms with Gasteiger partial charge in [-0.3, -0.25) is 4.98 Å². The van der Waals surface area contributed by atoms with Gasteiger partial charge >= 0.3 is 5.97 Å². The van der Waals surface area contributed by atoms with Crippen molar-refractivity contribution >= 4 is 32.8 Å². The van der Waals surface area contributed by atoms with Crippen molar-refractivity contribution in [2.24, 2.45) is 0 Å². The van der Waals surface area contributed by atoms with Crippen LogP contribution in [0.25, 0.3) is 10.9 Å². The van der Waals surface area contributed by atoms with Gasteiger partial charge < -0.3 is 5.11 Å². The zero-order valence-corrected chi connectivity index (χ0v) is 8.95. The molecule has 15 heavy (non-hydrogen) atoms. The van der Waals surface area contributed by atoms with Crippen LogP contribution in [0.4, 0.5) is 4.39 Å². The molecule has 1 aromatic heterocycles. The number of carboxylic acids is 1. The van der Waals surface area contributed by atoms with Gasteiger partial charge in [0.1, 0.15) is 5.82 Å². The molecule has 5 heteroatoms. The molecule has 0 spiro atoms. The van der Waals surface area contributed by atoms with Gasteiger partial charge in [-0.1, -0.05) is 0 Å². The quantitative estimate of drug-likeness (QED) is 0.866. The number of halogens is 2. The highest BCUT2D eigenvalue weighted by atomic mass is 79.9. The van der Waals surface area contributed by atoms with Crippen molar-refractivity contribution < 1.29 is 14.3 Å². The fraction of sp³-hybridized carbons (Fsp3) is 0. The highest BCUT2D eigenvalue weighted by molar-refractivity contribution is 9.10. The van der Waals surface area contributed by atoms with Crippen LogP contribution in [0.5, 0.6) is 0 Å². The van der Waals surface area contributed by atoms with E-state index >= 15 is 0 Å². The van der Waals surface area contributed by atoms with Crippen molar-refractivity contribution in [3.8, 4) is 0 Å². The number of benzene rings is 1. The highest BCUT2D eigenvalue weighted by Crippen LogP contribution is 2.26. The zero-order chi connectivity index (χ0) is 11.0. The van der Waals surface area contributed by atoms with E-state index in [1.165, 1.54) is 24.4 Å². The molecule has 3 nitrogen and oxygen atoms in total. The number of hydrogen-bond donors (Lipinski definition) is 1. The number of rotatable bonds is 1. The Kier molecular flexibility index (Phi) is 2.40. The molecule has 2 aromatic rings. The molecule has 0 aliphatic heterocycles. The third kappa shape index (κ3) is 1.70. The second kappa shape index (κ2) is 3.58. The average Bonchev–Trinajstić information content (AvgIpc) is 2.17. The number of carbonyl (C=O) groups is 1. The molecule has 1 N–H and O–H groups in total. The van der Waals surface area contributed by atoms with Crippen molar-refractivity contribution in [3.63, 3.8) is 0 Å². The van der Waals surface area contributed by atoms with Crippen LogP contribution in [-0.4, -0.2) is 16.1 Å². The Morgan fingerprint density at radius 3 is 2.87 bits per heavy atom. The van der Waals surface area contributed by atoms with E-state index in [1.807, 2.05) is 0 Å². The summed E-state index contributed by atoms with van der Waals surface area (Å²) in [7, 11) is 0. The molecule has 0 saturated carbocycles. The summed E-state index contributed by atoms with van der Waals surface area (Å²) in [5.41, 5.74) is 0.487. The highest BCUT2D eigenvalue weighted by Gasteiger charge is 2.12. The predicted molar refractivity (Wildman–Crippen MR) is 56.4 cm³/mol. The van der Waals surface area contributed by atoms with Crippen molar-refractivity contribution in [1.29, 1.82) is 0 Å². The number of aromatic nitrogens is 1. The van der Waals surface area contributed by atoms with E-state index in [0.717, 1.165) is 0 Å². The lowest BCUT2D eigenvalue weighted by molar-refractivity contribution is 0.0695. The Morgan fingerprint density at radius 2 is 2.20 bits per heavy atom. The SMILES string of the molecule is O=C(O)c1cnc2cc(F)ccc2c1Br. The third-order valence-electron chi connectivity index (χ3n) is 2.00. The minimum absolute atomic E-state index is 0.0640. The van der Waals surface area contributed by atoms with Crippen LogP contribution >= 0.6 is 15.9 Å². The lowest BCUT2D eigenvalue weighted by atomic mass is 10.1. The van der Waals surface area contributed by atoms with E-state index < -0.39 is 11.8 Å². The molecule has 0 amide bonds. The van der Waals surface area contributed by atoms with E-state index in [1.54, 1.807) is 0 Å². The zero-order valence-electron chi connectivity index (χ0n) is 7.37. The topological polar surface area (TPSA) is 50.2 Å². The third-order valence-corrected chi connectivity index (χ3v) is 2.85. The van der Waals surface area contributed by atoms with E-state index in [9.17, 15) is 9.18 Å². The molecule has 0 fully saturated rings. The number of fused-ring (bicyclic) bond motifs is 1. The summed E-state index contributed by atoms with van der Waals surface area (Å²) in [4.78, 5) is 14.7. The molecule has 0 aliphatic carbocycles. The van der Waals surface area contributed by atoms with E-state index in [-0.39, 0.29) is 5.56 Å². The van der Waals surface area contributed by atoms with Gasteiger partial charge in [-0.2, -0.15) is 0 Å². The molecule has 1 heterocycles. The molecule has 0 saturated heterocycles. The Bertz CT molecular complexity index is 556. The predicted octanol–water partition coefficient (Wildman–Crippen LogP) is 2.83. The first-order valence-electron chi connectivity index (χ1n) is 4.06. The van der Waals surface area contributed by atoms with Gasteiger partial charge in [-0.15, -0.1) is 0 Å². The first kappa shape index (κ1) is 10.0. The molecule has 0 aliphatic rings. The number of nitrogens with zero attached hydrogens (tertiary/aromatic N) is 1. The maximum Gasteiger partial charge on any atom is 0.338 e. The maximum atomic E-state index is 12.9. The summed E-state index contributed by atoms with van der Waals surface area (Å²) in [6, 6.07) is 4.01. The summed E-state index contributed by atoms with van der Waals surface area (Å²) in [6.07, 6.45) is 1.20. The Hall–Kier alpha value is -1.49. The number of hydrogen-bond acceptors (Lipinski definition) is 2. The summed E-state index contributed by atoms with van der Waals surface area (Å²) in [5, 5.41) is 9.42. The van der Waals surface area contributed by atoms with Crippen molar-refractivity contribution in [2.45, 2.75) is 0 Å². The molecule has 1 aromatic carbocycles. The summed E-state index contributed by atoms with van der Waals surface area (Å²) in [6.45, 7) is 0. The second-order valence-corrected chi connectivity index (χ2v) is 3.75. The van der Waals surface area contributed by atoms with Crippen molar-refractivity contribution in [3.05, 3.63) is 40.2 Å². The van der Waals surface area contributed by atoms with Gasteiger partial charge in [0.2, 0.25) is 0 Å². The minimum atomic E-state index is -1.07. The van der Waals surface area contributed by atoms with Gasteiger partial charge in [-0.25, -0.2) is 9.18 Å². The lowest BCUT2D eigenvalue weighted by Crippen LogP contribution is -1.99. The molecule has 76 valence electrons. The van der Waals surface area contributed by atoms with E-state index in [2.05, 4.69) is 20.9 Å². The Morgan fingerprint density at radius 1 is 1.47 bits per heavy atom. The average molecular weight is 270 g/mol. The first-order chi connectivity index (χ1) is 7.09. The Balaban J connectivity index is 2.80. The van der Waals surface area contributed by atoms with Gasteiger partial charge in [0.25, 0.3) is 0 Å². The molecule has 0 radical (unpaired) electrons. The van der Waals surface area contributed by atoms with Gasteiger partial charge in [0.15, 0.2) is 0 Å². The second-order valence-electron chi connectivity index (χ2n) is 2.95. The van der Waals surface area contributed by atoms with Gasteiger partial charge in [0.05, 0.1) is 11.1 Å². The molecule has 0 unspecified atom stereocenters. The van der Waals surface area contributed by atoms with Crippen LogP contribution in [0.1, 0.15) is 10.4 Å². The molecular formula is C10H5BrFNO2. The van der Waals surface area contributed by atoms with Crippen molar-refractivity contribution in [2.75, 3.05) is 0 Å². The lowest BCUT2D eigenvalue weighted by Gasteiger charge is -2.03. The van der Waals surface area contributed by atoms with E-state index in [4.69, 9.17) is 5.11 Å². The van der Waals surface area contributed by atoms with Gasteiger partial charge in [-0.05, 0) is 28.1 Å². The largest absolute Gasteiger partial charge is 0.478 e. The minimum Gasteiger partial charge on any atom is -0.478 e. The van der Waals surface area contributed by atoms with Crippen LogP contribution in [0.2, 0.25) is 0 Å². The standard InChI is InChI=1S/C10H5BrFNO2/c11-9-6-2-1-5(12)3-8(6)13-4-7(9)10(14)15/h1-4H,(H,14,15). The van der Waals surface area contributed by atoms with Crippen molar-refractivity contribution in [1.82, 2.24) is 4.98 Å². The molecule has 2 rings (SSSR count). The number of aromatic carboxylic acids is 1. The fourth-order valence-electron chi connectivity index (χ4n) is 1.28. The van der Waals surface area contributed by atoms with Crippen LogP contribution in [-0.2, 0) is 0 Å². The smallest absolute Gasteiger partial charge is 0.338 e. The molecule has 0 atom stereocenters. The monoisotopic (exact) mass is 269 g/mol. The van der Waals surface area contributed by atoms with Crippen LogP contribution < -0.4 is 0 Å². The summed E-state index contributed by atoms with van der Waals surface area (Å²) < 4.78 is 13.3. The summed E-state index contributed by atoms with van der Waals surface area (Å²) >= 11 is 3.16. The number of pyridine rings is 1. The molecule has 0 bridgehead atoms. The summed E-state index contributed by atoms with van der Waals surface area (Å²) in [5.74, 6) is -1.47. The fourth-order valence-corrected chi connectivity index (χ4v) is 1.89. The first-order valence-corrected chi connectivity index (χ1v) is 4.86. The molecular weight excluding hydrogens is 265 g/mol. The van der Waals surface area contributed by atoms with Crippen LogP contribution in [0.15, 0.2) is 28.9 Å². The van der Waals surface area contributed by atoms with Crippen LogP contribution in [0, 0.1) is 5.82 Å². The Labute approximate surface area is 92.7 Å². The maximum absolute atomic E-state index is 12.9.